The Kier molecular flexibility index (Phi) is 5.22. The Bertz CT molecular complexity index is 478. The van der Waals surface area contributed by atoms with Crippen molar-refractivity contribution in [1.82, 2.24) is 0 Å². The zero-order valence-corrected chi connectivity index (χ0v) is 15.8. The molecule has 3 heteroatoms. The fourth-order valence-corrected chi connectivity index (χ4v) is 2.95. The maximum Gasteiger partial charge on any atom is 0.193 e. The highest BCUT2D eigenvalue weighted by molar-refractivity contribution is 6.74. The lowest BCUT2D eigenvalue weighted by molar-refractivity contribution is -0.134. The van der Waals surface area contributed by atoms with Gasteiger partial charge >= 0.3 is 0 Å². The van der Waals surface area contributed by atoms with Crippen LogP contribution >= 0.6 is 0 Å². The van der Waals surface area contributed by atoms with E-state index in [4.69, 9.17) is 4.43 Å². The Labute approximate surface area is 131 Å². The monoisotopic (exact) mass is 306 g/mol. The van der Waals surface area contributed by atoms with Crippen LogP contribution in [-0.2, 0) is 9.22 Å². The van der Waals surface area contributed by atoms with Crippen LogP contribution in [0.2, 0.25) is 18.1 Å². The van der Waals surface area contributed by atoms with Crippen LogP contribution in [0.5, 0.6) is 0 Å². The molecule has 1 unspecified atom stereocenters. The van der Waals surface area contributed by atoms with Crippen LogP contribution in [0.4, 0.5) is 0 Å². The summed E-state index contributed by atoms with van der Waals surface area (Å²) >= 11 is 0. The molecule has 0 saturated carbocycles. The summed E-state index contributed by atoms with van der Waals surface area (Å²) in [6.07, 6.45) is -0.466. The molecule has 118 valence electrons. The zero-order chi connectivity index (χ0) is 16.5. The lowest BCUT2D eigenvalue weighted by atomic mass is 9.85. The minimum atomic E-state index is -2.01. The minimum absolute atomic E-state index is 0.0815. The van der Waals surface area contributed by atoms with E-state index in [1.165, 1.54) is 0 Å². The van der Waals surface area contributed by atoms with Crippen molar-refractivity contribution in [1.29, 1.82) is 0 Å². The smallest absolute Gasteiger partial charge is 0.193 e. The van der Waals surface area contributed by atoms with E-state index in [1.54, 1.807) is 0 Å². The molecule has 1 aromatic carbocycles. The van der Waals surface area contributed by atoms with Crippen molar-refractivity contribution in [3.63, 3.8) is 0 Å². The molecule has 0 saturated heterocycles. The van der Waals surface area contributed by atoms with Gasteiger partial charge in [0.15, 0.2) is 14.1 Å². The third kappa shape index (κ3) is 4.52. The van der Waals surface area contributed by atoms with E-state index in [2.05, 4.69) is 33.9 Å². The largest absolute Gasteiger partial charge is 0.403 e. The second-order valence-electron chi connectivity index (χ2n) is 8.28. The van der Waals surface area contributed by atoms with E-state index in [0.29, 0.717) is 0 Å². The third-order valence-corrected chi connectivity index (χ3v) is 8.74. The number of benzene rings is 1. The normalized spacial score (nSPS) is 14.9. The maximum absolute atomic E-state index is 12.9. The van der Waals surface area contributed by atoms with Crippen molar-refractivity contribution in [3.8, 4) is 0 Å². The highest BCUT2D eigenvalue weighted by Crippen LogP contribution is 2.41. The van der Waals surface area contributed by atoms with Crippen molar-refractivity contribution in [2.45, 2.75) is 65.8 Å². The summed E-state index contributed by atoms with van der Waals surface area (Å²) < 4.78 is 6.47. The molecule has 0 amide bonds. The molecule has 0 fully saturated rings. The molecule has 2 nitrogen and oxygen atoms in total. The standard InChI is InChI=1S/C18H30O2Si/c1-17(2,3)16(19)15(14-12-10-9-11-13-14)20-21(7,8)18(4,5)6/h9-13,15H,1-8H3. The number of rotatable bonds is 4. The van der Waals surface area contributed by atoms with Crippen LogP contribution in [0.25, 0.3) is 0 Å². The molecular weight excluding hydrogens is 276 g/mol. The van der Waals surface area contributed by atoms with Crippen LogP contribution in [0, 0.1) is 5.41 Å². The number of carbonyl (C=O) groups is 1. The first-order valence-electron chi connectivity index (χ1n) is 7.63. The van der Waals surface area contributed by atoms with Crippen molar-refractivity contribution in [2.75, 3.05) is 0 Å². The molecule has 0 radical (unpaired) electrons. The topological polar surface area (TPSA) is 26.3 Å². The first kappa shape index (κ1) is 18.1. The molecule has 21 heavy (non-hydrogen) atoms. The average molecular weight is 307 g/mol. The number of carbonyl (C=O) groups excluding carboxylic acids is 1. The first-order chi connectivity index (χ1) is 9.36. The van der Waals surface area contributed by atoms with E-state index in [9.17, 15) is 4.79 Å². The van der Waals surface area contributed by atoms with Gasteiger partial charge in [-0.2, -0.15) is 0 Å². The van der Waals surface area contributed by atoms with E-state index >= 15 is 0 Å². The second-order valence-corrected chi connectivity index (χ2v) is 13.0. The molecule has 0 aromatic heterocycles. The Hall–Kier alpha value is -0.933. The van der Waals surface area contributed by atoms with Crippen molar-refractivity contribution < 1.29 is 9.22 Å². The molecule has 0 spiro atoms. The molecule has 1 atom stereocenters. The highest BCUT2D eigenvalue weighted by atomic mass is 28.4. The summed E-state index contributed by atoms with van der Waals surface area (Å²) in [5, 5.41) is 0.0815. The molecule has 0 heterocycles. The highest BCUT2D eigenvalue weighted by Gasteiger charge is 2.42. The third-order valence-electron chi connectivity index (χ3n) is 4.30. The van der Waals surface area contributed by atoms with Crippen LogP contribution in [-0.4, -0.2) is 14.1 Å². The van der Waals surface area contributed by atoms with E-state index in [1.807, 2.05) is 51.1 Å². The van der Waals surface area contributed by atoms with Gasteiger partial charge in [0.2, 0.25) is 0 Å². The first-order valence-corrected chi connectivity index (χ1v) is 10.5. The molecule has 0 N–H and O–H groups in total. The minimum Gasteiger partial charge on any atom is -0.403 e. The van der Waals surface area contributed by atoms with Gasteiger partial charge in [0.05, 0.1) is 0 Å². The second kappa shape index (κ2) is 6.05. The van der Waals surface area contributed by atoms with Gasteiger partial charge < -0.3 is 4.43 Å². The van der Waals surface area contributed by atoms with Gasteiger partial charge in [0.25, 0.3) is 0 Å². The summed E-state index contributed by atoms with van der Waals surface area (Å²) in [7, 11) is -2.01. The van der Waals surface area contributed by atoms with Crippen LogP contribution in [0.15, 0.2) is 30.3 Å². The predicted molar refractivity (Wildman–Crippen MR) is 91.9 cm³/mol. The lowest BCUT2D eigenvalue weighted by Gasteiger charge is -2.40. The fraction of sp³-hybridized carbons (Fsp3) is 0.611. The zero-order valence-electron chi connectivity index (χ0n) is 14.8. The van der Waals surface area contributed by atoms with Crippen molar-refractivity contribution >= 4 is 14.1 Å². The molecule has 1 rings (SSSR count). The van der Waals surface area contributed by atoms with Crippen LogP contribution < -0.4 is 0 Å². The van der Waals surface area contributed by atoms with Gasteiger partial charge in [-0.3, -0.25) is 4.79 Å². The molecule has 0 aliphatic heterocycles. The number of ketones is 1. The average Bonchev–Trinajstić information content (AvgIpc) is 2.33. The summed E-state index contributed by atoms with van der Waals surface area (Å²) in [6, 6.07) is 9.87. The van der Waals surface area contributed by atoms with E-state index in [0.717, 1.165) is 5.56 Å². The Balaban J connectivity index is 3.20. The Morgan fingerprint density at radius 2 is 1.48 bits per heavy atom. The summed E-state index contributed by atoms with van der Waals surface area (Å²) in [6.45, 7) is 16.9. The number of hydrogen-bond acceptors (Lipinski definition) is 2. The fourth-order valence-electron chi connectivity index (χ4n) is 1.77. The van der Waals surface area contributed by atoms with Gasteiger partial charge in [-0.25, -0.2) is 0 Å². The van der Waals surface area contributed by atoms with E-state index in [-0.39, 0.29) is 10.8 Å². The lowest BCUT2D eigenvalue weighted by Crippen LogP contribution is -2.44. The van der Waals surface area contributed by atoms with Crippen LogP contribution in [0.3, 0.4) is 0 Å². The van der Waals surface area contributed by atoms with Gasteiger partial charge in [0, 0.05) is 5.41 Å². The molecule has 0 aliphatic carbocycles. The summed E-state index contributed by atoms with van der Waals surface area (Å²) in [5.74, 6) is 0.151. The van der Waals surface area contributed by atoms with Gasteiger partial charge in [-0.05, 0) is 23.7 Å². The molecule has 0 aliphatic rings. The molecular formula is C18H30O2Si. The Morgan fingerprint density at radius 3 is 1.86 bits per heavy atom. The van der Waals surface area contributed by atoms with Gasteiger partial charge in [-0.15, -0.1) is 0 Å². The van der Waals surface area contributed by atoms with Gasteiger partial charge in [0.1, 0.15) is 6.10 Å². The summed E-state index contributed by atoms with van der Waals surface area (Å²) in [5.41, 5.74) is 0.547. The predicted octanol–water partition coefficient (Wildman–Crippen LogP) is 5.36. The number of Topliss-reactive ketones (excluding diaryl/α,β-unsaturated/α-hetero) is 1. The van der Waals surface area contributed by atoms with Crippen molar-refractivity contribution in [2.24, 2.45) is 5.41 Å². The maximum atomic E-state index is 12.9. The van der Waals surface area contributed by atoms with Crippen LogP contribution in [0.1, 0.15) is 53.2 Å². The molecule has 1 aromatic rings. The molecule has 0 bridgehead atoms. The quantitative estimate of drug-likeness (QED) is 0.699. The number of hydrogen-bond donors (Lipinski definition) is 0. The Morgan fingerprint density at radius 1 is 1.00 bits per heavy atom. The SMILES string of the molecule is CC(C)(C)C(=O)C(O[Si](C)(C)C(C)(C)C)c1ccccc1. The summed E-state index contributed by atoms with van der Waals surface area (Å²) in [4.78, 5) is 12.9. The van der Waals surface area contributed by atoms with Gasteiger partial charge in [-0.1, -0.05) is 71.9 Å². The van der Waals surface area contributed by atoms with E-state index < -0.39 is 19.8 Å². The van der Waals surface area contributed by atoms with Crippen molar-refractivity contribution in [3.05, 3.63) is 35.9 Å².